The Hall–Kier alpha value is -1.07. The Bertz CT molecular complexity index is 523. The fourth-order valence-electron chi connectivity index (χ4n) is 1.99. The molecular weight excluding hydrogens is 262 g/mol. The van der Waals surface area contributed by atoms with E-state index in [2.05, 4.69) is 5.32 Å². The summed E-state index contributed by atoms with van der Waals surface area (Å²) in [6.07, 6.45) is 1.91. The van der Waals surface area contributed by atoms with Crippen molar-refractivity contribution in [2.75, 3.05) is 20.4 Å². The SMILES string of the molecule is CNC(Cc1cccc(OC)c1)C(C)(C)S(C)(=O)=O. The Morgan fingerprint density at radius 3 is 2.47 bits per heavy atom. The van der Waals surface area contributed by atoms with Gasteiger partial charge in [-0.25, -0.2) is 8.42 Å². The third kappa shape index (κ3) is 3.70. The van der Waals surface area contributed by atoms with Crippen molar-refractivity contribution in [3.63, 3.8) is 0 Å². The van der Waals surface area contributed by atoms with Gasteiger partial charge in [0, 0.05) is 12.3 Å². The molecule has 0 fully saturated rings. The lowest BCUT2D eigenvalue weighted by atomic mass is 9.95. The molecule has 1 N–H and O–H groups in total. The molecule has 0 spiro atoms. The molecule has 0 aliphatic rings. The number of benzene rings is 1. The predicted octanol–water partition coefficient (Wildman–Crippen LogP) is 1.65. The zero-order chi connectivity index (χ0) is 14.7. The second kappa shape index (κ2) is 5.92. The van der Waals surface area contributed by atoms with Gasteiger partial charge in [-0.05, 0) is 45.0 Å². The third-order valence-corrected chi connectivity index (χ3v) is 5.91. The first-order valence-corrected chi connectivity index (χ1v) is 8.11. The highest BCUT2D eigenvalue weighted by Crippen LogP contribution is 2.24. The monoisotopic (exact) mass is 285 g/mol. The van der Waals surface area contributed by atoms with E-state index in [9.17, 15) is 8.42 Å². The second-order valence-electron chi connectivity index (χ2n) is 5.27. The zero-order valence-electron chi connectivity index (χ0n) is 12.2. The maximum atomic E-state index is 11.9. The number of likely N-dealkylation sites (N-methyl/N-ethyl adjacent to an activating group) is 1. The molecule has 19 heavy (non-hydrogen) atoms. The highest BCUT2D eigenvalue weighted by molar-refractivity contribution is 7.92. The highest BCUT2D eigenvalue weighted by atomic mass is 32.2. The summed E-state index contributed by atoms with van der Waals surface area (Å²) in [4.78, 5) is 0. The smallest absolute Gasteiger partial charge is 0.154 e. The Kier molecular flexibility index (Phi) is 4.98. The molecule has 0 saturated carbocycles. The predicted molar refractivity (Wildman–Crippen MR) is 78.5 cm³/mol. The van der Waals surface area contributed by atoms with Crippen molar-refractivity contribution in [2.24, 2.45) is 0 Å². The minimum atomic E-state index is -3.14. The second-order valence-corrected chi connectivity index (χ2v) is 7.87. The maximum absolute atomic E-state index is 11.9. The quantitative estimate of drug-likeness (QED) is 0.863. The van der Waals surface area contributed by atoms with Crippen LogP contribution in [0.3, 0.4) is 0 Å². The maximum Gasteiger partial charge on any atom is 0.154 e. The van der Waals surface area contributed by atoms with Crippen LogP contribution in [0.15, 0.2) is 24.3 Å². The minimum Gasteiger partial charge on any atom is -0.497 e. The normalized spacial score (nSPS) is 14.2. The van der Waals surface area contributed by atoms with Gasteiger partial charge in [-0.15, -0.1) is 0 Å². The van der Waals surface area contributed by atoms with Gasteiger partial charge < -0.3 is 10.1 Å². The lowest BCUT2D eigenvalue weighted by molar-refractivity contribution is 0.411. The molecule has 0 aromatic heterocycles. The molecule has 0 saturated heterocycles. The van der Waals surface area contributed by atoms with E-state index >= 15 is 0 Å². The van der Waals surface area contributed by atoms with Crippen LogP contribution in [-0.2, 0) is 16.3 Å². The zero-order valence-corrected chi connectivity index (χ0v) is 13.0. The number of ether oxygens (including phenoxy) is 1. The van der Waals surface area contributed by atoms with Crippen LogP contribution >= 0.6 is 0 Å². The van der Waals surface area contributed by atoms with Crippen LogP contribution in [0.25, 0.3) is 0 Å². The van der Waals surface area contributed by atoms with E-state index in [1.807, 2.05) is 24.3 Å². The van der Waals surface area contributed by atoms with Gasteiger partial charge in [-0.1, -0.05) is 12.1 Å². The van der Waals surface area contributed by atoms with Gasteiger partial charge in [0.1, 0.15) is 5.75 Å². The summed E-state index contributed by atoms with van der Waals surface area (Å²) in [5, 5.41) is 3.11. The van der Waals surface area contributed by atoms with Gasteiger partial charge in [0.25, 0.3) is 0 Å². The van der Waals surface area contributed by atoms with Gasteiger partial charge in [0.15, 0.2) is 9.84 Å². The molecule has 1 rings (SSSR count). The number of hydrogen-bond acceptors (Lipinski definition) is 4. The Morgan fingerprint density at radius 1 is 1.37 bits per heavy atom. The lowest BCUT2D eigenvalue weighted by Crippen LogP contribution is -2.51. The topological polar surface area (TPSA) is 55.4 Å². The summed E-state index contributed by atoms with van der Waals surface area (Å²) in [6, 6.07) is 7.54. The molecule has 0 aliphatic heterocycles. The minimum absolute atomic E-state index is 0.158. The Morgan fingerprint density at radius 2 is 2.00 bits per heavy atom. The standard InChI is InChI=1S/C14H23NO3S/c1-14(2,19(5,16)17)13(15-3)10-11-7-6-8-12(9-11)18-4/h6-9,13,15H,10H2,1-5H3. The number of nitrogens with one attached hydrogen (secondary N) is 1. The molecule has 1 atom stereocenters. The van der Waals surface area contributed by atoms with E-state index in [1.165, 1.54) is 6.26 Å². The molecule has 0 aliphatic carbocycles. The van der Waals surface area contributed by atoms with Crippen LogP contribution in [0.1, 0.15) is 19.4 Å². The first-order valence-electron chi connectivity index (χ1n) is 6.22. The number of rotatable bonds is 6. The average Bonchev–Trinajstić information content (AvgIpc) is 2.34. The summed E-state index contributed by atoms with van der Waals surface area (Å²) in [5.74, 6) is 0.782. The van der Waals surface area contributed by atoms with Crippen molar-refractivity contribution >= 4 is 9.84 Å². The number of sulfone groups is 1. The number of hydrogen-bond donors (Lipinski definition) is 1. The molecule has 108 valence electrons. The van der Waals surface area contributed by atoms with Crippen molar-refractivity contribution < 1.29 is 13.2 Å². The van der Waals surface area contributed by atoms with Gasteiger partial charge in [-0.3, -0.25) is 0 Å². The largest absolute Gasteiger partial charge is 0.497 e. The molecule has 0 bridgehead atoms. The molecule has 1 unspecified atom stereocenters. The van der Waals surface area contributed by atoms with Crippen LogP contribution in [0.5, 0.6) is 5.75 Å². The summed E-state index contributed by atoms with van der Waals surface area (Å²) >= 11 is 0. The summed E-state index contributed by atoms with van der Waals surface area (Å²) in [6.45, 7) is 3.51. The first kappa shape index (κ1) is 16.0. The highest BCUT2D eigenvalue weighted by Gasteiger charge is 2.38. The Labute approximate surface area is 116 Å². The van der Waals surface area contributed by atoms with E-state index in [0.717, 1.165) is 11.3 Å². The van der Waals surface area contributed by atoms with E-state index < -0.39 is 14.6 Å². The van der Waals surface area contributed by atoms with Gasteiger partial charge in [0.05, 0.1) is 11.9 Å². The van der Waals surface area contributed by atoms with Crippen LogP contribution in [0.2, 0.25) is 0 Å². The average molecular weight is 285 g/mol. The summed E-state index contributed by atoms with van der Waals surface area (Å²) in [7, 11) is 0.266. The molecule has 0 radical (unpaired) electrons. The fourth-order valence-corrected chi connectivity index (χ4v) is 2.71. The summed E-state index contributed by atoms with van der Waals surface area (Å²) < 4.78 is 28.2. The van der Waals surface area contributed by atoms with Crippen molar-refractivity contribution in [1.29, 1.82) is 0 Å². The van der Waals surface area contributed by atoms with Crippen LogP contribution in [0, 0.1) is 0 Å². The van der Waals surface area contributed by atoms with Crippen molar-refractivity contribution in [3.05, 3.63) is 29.8 Å². The van der Waals surface area contributed by atoms with Gasteiger partial charge in [0.2, 0.25) is 0 Å². The molecule has 0 heterocycles. The molecule has 5 heteroatoms. The summed E-state index contributed by atoms with van der Waals surface area (Å²) in [5.41, 5.74) is 1.05. The van der Waals surface area contributed by atoms with Crippen molar-refractivity contribution in [1.82, 2.24) is 5.32 Å². The molecule has 0 amide bonds. The molecule has 4 nitrogen and oxygen atoms in total. The van der Waals surface area contributed by atoms with Crippen molar-refractivity contribution in [2.45, 2.75) is 31.1 Å². The fraction of sp³-hybridized carbons (Fsp3) is 0.571. The van der Waals surface area contributed by atoms with Crippen LogP contribution in [0.4, 0.5) is 0 Å². The van der Waals surface area contributed by atoms with Gasteiger partial charge >= 0.3 is 0 Å². The Balaban J connectivity index is 3.00. The molecule has 1 aromatic carbocycles. The molecular formula is C14H23NO3S. The van der Waals surface area contributed by atoms with E-state index in [-0.39, 0.29) is 6.04 Å². The van der Waals surface area contributed by atoms with Gasteiger partial charge in [-0.2, -0.15) is 0 Å². The van der Waals surface area contributed by atoms with E-state index in [4.69, 9.17) is 4.74 Å². The van der Waals surface area contributed by atoms with E-state index in [0.29, 0.717) is 6.42 Å². The van der Waals surface area contributed by atoms with Crippen molar-refractivity contribution in [3.8, 4) is 5.75 Å². The number of methoxy groups -OCH3 is 1. The van der Waals surface area contributed by atoms with Crippen LogP contribution < -0.4 is 10.1 Å². The first-order chi connectivity index (χ1) is 8.72. The third-order valence-electron chi connectivity index (χ3n) is 3.72. The van der Waals surface area contributed by atoms with Crippen LogP contribution in [-0.4, -0.2) is 39.6 Å². The van der Waals surface area contributed by atoms with E-state index in [1.54, 1.807) is 28.0 Å². The molecule has 1 aromatic rings. The lowest BCUT2D eigenvalue weighted by Gasteiger charge is -2.32.